The first-order valence-corrected chi connectivity index (χ1v) is 10.7. The fourth-order valence-corrected chi connectivity index (χ4v) is 4.50. The molecule has 1 aliphatic heterocycles. The molecule has 0 bridgehead atoms. The van der Waals surface area contributed by atoms with Crippen molar-refractivity contribution in [3.8, 4) is 0 Å². The summed E-state index contributed by atoms with van der Waals surface area (Å²) in [5.74, 6) is -0.183. The van der Waals surface area contributed by atoms with Crippen LogP contribution in [0.2, 0.25) is 0 Å². The van der Waals surface area contributed by atoms with Gasteiger partial charge in [-0.2, -0.15) is 8.42 Å². The van der Waals surface area contributed by atoms with Crippen LogP contribution in [0.4, 0.5) is 11.4 Å². The number of hydrogen-bond donors (Lipinski definition) is 1. The van der Waals surface area contributed by atoms with E-state index in [1.807, 2.05) is 6.92 Å². The Bertz CT molecular complexity index is 1400. The molecule has 10 nitrogen and oxygen atoms in total. The highest BCUT2D eigenvalue weighted by Gasteiger charge is 2.29. The summed E-state index contributed by atoms with van der Waals surface area (Å²) in [7, 11) is -4.04. The number of sulfonamides is 1. The Hall–Kier alpha value is -3.69. The molecule has 1 aliphatic rings. The zero-order chi connectivity index (χ0) is 21.3. The number of nitrogens with one attached hydrogen (secondary N) is 1. The van der Waals surface area contributed by atoms with Gasteiger partial charge in [0.25, 0.3) is 15.6 Å². The van der Waals surface area contributed by atoms with Crippen LogP contribution in [-0.2, 0) is 16.6 Å². The summed E-state index contributed by atoms with van der Waals surface area (Å²) < 4.78 is 30.7. The second kappa shape index (κ2) is 7.62. The Kier molecular flexibility index (Phi) is 4.98. The molecule has 1 N–H and O–H groups in total. The average molecular weight is 423 g/mol. The lowest BCUT2D eigenvalue weighted by Crippen LogP contribution is -2.33. The Labute approximate surface area is 171 Å². The van der Waals surface area contributed by atoms with E-state index in [0.717, 1.165) is 6.42 Å². The zero-order valence-electron chi connectivity index (χ0n) is 16.0. The van der Waals surface area contributed by atoms with Gasteiger partial charge in [-0.25, -0.2) is 4.98 Å². The monoisotopic (exact) mass is 423 g/mol. The average Bonchev–Trinajstić information content (AvgIpc) is 2.73. The molecule has 0 amide bonds. The van der Waals surface area contributed by atoms with E-state index in [0.29, 0.717) is 29.7 Å². The predicted molar refractivity (Wildman–Crippen MR) is 114 cm³/mol. The molecule has 3 aromatic rings. The smallest absolute Gasteiger partial charge is 0.286 e. The molecule has 0 atom stereocenters. The molecule has 152 valence electrons. The maximum atomic E-state index is 13.4. The van der Waals surface area contributed by atoms with E-state index < -0.39 is 15.6 Å². The number of hydrogen-bond acceptors (Lipinski definition) is 6. The van der Waals surface area contributed by atoms with Crippen molar-refractivity contribution in [1.82, 2.24) is 9.55 Å². The van der Waals surface area contributed by atoms with Crippen LogP contribution in [0.5, 0.6) is 0 Å². The van der Waals surface area contributed by atoms with Crippen molar-refractivity contribution in [2.75, 3.05) is 5.32 Å². The third-order valence-corrected chi connectivity index (χ3v) is 6.07. The van der Waals surface area contributed by atoms with Gasteiger partial charge in [0.1, 0.15) is 10.5 Å². The molecular formula is C19H17N7O3S. The first-order chi connectivity index (χ1) is 14.5. The number of azide groups is 1. The Morgan fingerprint density at radius 3 is 2.80 bits per heavy atom. The van der Waals surface area contributed by atoms with Crippen LogP contribution < -0.4 is 10.9 Å². The maximum Gasteiger partial charge on any atom is 0.286 e. The molecule has 1 aromatic carbocycles. The summed E-state index contributed by atoms with van der Waals surface area (Å²) in [6.45, 7) is 2.37. The largest absolute Gasteiger partial charge is 0.338 e. The highest BCUT2D eigenvalue weighted by atomic mass is 32.2. The van der Waals surface area contributed by atoms with Gasteiger partial charge in [0.05, 0.1) is 16.9 Å². The van der Waals surface area contributed by atoms with E-state index in [-0.39, 0.29) is 22.0 Å². The van der Waals surface area contributed by atoms with Crippen LogP contribution in [0.25, 0.3) is 21.5 Å². The fourth-order valence-electron chi connectivity index (χ4n) is 3.37. The molecular weight excluding hydrogens is 406 g/mol. The van der Waals surface area contributed by atoms with E-state index >= 15 is 0 Å². The van der Waals surface area contributed by atoms with Crippen molar-refractivity contribution in [3.05, 3.63) is 69.0 Å². The summed E-state index contributed by atoms with van der Waals surface area (Å²) >= 11 is 0. The van der Waals surface area contributed by atoms with Crippen LogP contribution in [0, 0.1) is 0 Å². The summed E-state index contributed by atoms with van der Waals surface area (Å²) in [6, 6.07) is 9.58. The van der Waals surface area contributed by atoms with Crippen LogP contribution >= 0.6 is 0 Å². The molecule has 0 saturated heterocycles. The third kappa shape index (κ3) is 3.19. The van der Waals surface area contributed by atoms with Gasteiger partial charge < -0.3 is 5.32 Å². The molecule has 30 heavy (non-hydrogen) atoms. The molecule has 0 unspecified atom stereocenters. The molecule has 3 heterocycles. The topological polar surface area (TPSA) is 142 Å². The van der Waals surface area contributed by atoms with Gasteiger partial charge in [0.15, 0.2) is 5.84 Å². The van der Waals surface area contributed by atoms with Gasteiger partial charge in [0.2, 0.25) is 0 Å². The van der Waals surface area contributed by atoms with Crippen molar-refractivity contribution in [3.63, 3.8) is 0 Å². The fraction of sp³-hybridized carbons (Fsp3) is 0.211. The van der Waals surface area contributed by atoms with E-state index in [1.54, 1.807) is 36.5 Å². The predicted octanol–water partition coefficient (Wildman–Crippen LogP) is 3.70. The minimum atomic E-state index is -4.04. The highest BCUT2D eigenvalue weighted by molar-refractivity contribution is 7.90. The lowest BCUT2D eigenvalue weighted by Gasteiger charge is -2.20. The number of pyridine rings is 2. The van der Waals surface area contributed by atoms with Crippen molar-refractivity contribution in [2.45, 2.75) is 31.2 Å². The SMILES string of the molecule is CCCCn1c(=O)c(C2=NS(=O)(=O)c3ccccc3N2)c(N=[N+]=[N-])c2cccnc21. The Morgan fingerprint density at radius 2 is 2.03 bits per heavy atom. The third-order valence-electron chi connectivity index (χ3n) is 4.74. The van der Waals surface area contributed by atoms with E-state index in [2.05, 4.69) is 24.7 Å². The number of amidine groups is 1. The molecule has 0 fully saturated rings. The molecule has 0 spiro atoms. The van der Waals surface area contributed by atoms with Crippen molar-refractivity contribution in [2.24, 2.45) is 9.51 Å². The van der Waals surface area contributed by atoms with Crippen LogP contribution in [0.1, 0.15) is 25.3 Å². The summed E-state index contributed by atoms with van der Waals surface area (Å²) in [5, 5.41) is 7.05. The van der Waals surface area contributed by atoms with Gasteiger partial charge in [-0.15, -0.1) is 4.40 Å². The molecule has 4 rings (SSSR count). The summed E-state index contributed by atoms with van der Waals surface area (Å²) in [5.41, 5.74) is 9.12. The number of nitrogens with zero attached hydrogens (tertiary/aromatic N) is 6. The number of unbranched alkanes of at least 4 members (excludes halogenated alkanes) is 1. The number of benzene rings is 1. The van der Waals surface area contributed by atoms with E-state index in [9.17, 15) is 13.2 Å². The number of fused-ring (bicyclic) bond motifs is 2. The lowest BCUT2D eigenvalue weighted by atomic mass is 10.1. The number of rotatable bonds is 5. The number of aryl methyl sites for hydroxylation is 1. The quantitative estimate of drug-likeness (QED) is 0.378. The van der Waals surface area contributed by atoms with E-state index in [1.165, 1.54) is 10.6 Å². The Morgan fingerprint density at radius 1 is 1.23 bits per heavy atom. The lowest BCUT2D eigenvalue weighted by molar-refractivity contribution is 0.598. The second-order valence-electron chi connectivity index (χ2n) is 6.63. The van der Waals surface area contributed by atoms with Gasteiger partial charge in [-0.05, 0) is 36.2 Å². The van der Waals surface area contributed by atoms with Crippen LogP contribution in [0.3, 0.4) is 0 Å². The molecule has 11 heteroatoms. The summed E-state index contributed by atoms with van der Waals surface area (Å²) in [6.07, 6.45) is 3.10. The second-order valence-corrected chi connectivity index (χ2v) is 8.21. The zero-order valence-corrected chi connectivity index (χ0v) is 16.8. The number of aromatic nitrogens is 2. The van der Waals surface area contributed by atoms with Gasteiger partial charge in [-0.1, -0.05) is 30.6 Å². The standard InChI is InChI=1S/C19H17N7O3S/c1-2-3-11-26-18-12(7-6-10-21-18)16(23-25-20)15(19(26)27)17-22-13-8-4-5-9-14(13)30(28,29)24-17/h4-10H,2-3,11H2,1H3,(H,22,24). The van der Waals surface area contributed by atoms with E-state index in [4.69, 9.17) is 5.53 Å². The first-order valence-electron chi connectivity index (χ1n) is 9.26. The normalized spacial score (nSPS) is 14.4. The number of para-hydroxylation sites is 1. The highest BCUT2D eigenvalue weighted by Crippen LogP contribution is 2.32. The van der Waals surface area contributed by atoms with Crippen molar-refractivity contribution in [1.29, 1.82) is 0 Å². The minimum absolute atomic E-state index is 0.00727. The molecule has 2 aromatic heterocycles. The van der Waals surface area contributed by atoms with Crippen LogP contribution in [0.15, 0.2) is 61.8 Å². The maximum absolute atomic E-state index is 13.4. The van der Waals surface area contributed by atoms with Gasteiger partial charge >= 0.3 is 0 Å². The van der Waals surface area contributed by atoms with Crippen molar-refractivity contribution < 1.29 is 8.42 Å². The first kappa shape index (κ1) is 19.6. The molecule has 0 radical (unpaired) electrons. The van der Waals surface area contributed by atoms with Gasteiger partial charge in [-0.3, -0.25) is 9.36 Å². The van der Waals surface area contributed by atoms with Gasteiger partial charge in [0, 0.05) is 23.0 Å². The minimum Gasteiger partial charge on any atom is -0.338 e. The number of anilines is 1. The van der Waals surface area contributed by atoms with Crippen molar-refractivity contribution >= 4 is 38.3 Å². The van der Waals surface area contributed by atoms with Crippen LogP contribution in [-0.4, -0.2) is 23.8 Å². The molecule has 0 aliphatic carbocycles. The molecule has 0 saturated carbocycles. The summed E-state index contributed by atoms with van der Waals surface area (Å²) in [4.78, 5) is 20.6. The Balaban J connectivity index is 2.08.